The maximum Gasteiger partial charge on any atom is 0.308 e. The second kappa shape index (κ2) is 7.48. The largest absolute Gasteiger partial charge is 0.481 e. The van der Waals surface area contributed by atoms with Gasteiger partial charge in [-0.05, 0) is 19.5 Å². The first-order chi connectivity index (χ1) is 8.60. The highest BCUT2D eigenvalue weighted by Crippen LogP contribution is 2.20. The normalized spacial score (nSPS) is 11.1. The standard InChI is InChI=1S/C13H22N2O2S/c1-4-10-11(9-13(16)17)18-12(14-10)7-8-15(5-2)6-3/h4-9H2,1-3H3,(H,16,17). The van der Waals surface area contributed by atoms with E-state index < -0.39 is 5.97 Å². The molecule has 0 spiro atoms. The first-order valence-corrected chi connectivity index (χ1v) is 7.33. The molecule has 0 radical (unpaired) electrons. The van der Waals surface area contributed by atoms with Gasteiger partial charge in [0.1, 0.15) is 0 Å². The Morgan fingerprint density at radius 2 is 2.00 bits per heavy atom. The summed E-state index contributed by atoms with van der Waals surface area (Å²) in [5.41, 5.74) is 0.956. The predicted octanol–water partition coefficient (Wildman–Crippen LogP) is 2.22. The van der Waals surface area contributed by atoms with Gasteiger partial charge in [0.2, 0.25) is 0 Å². The van der Waals surface area contributed by atoms with Gasteiger partial charge in [-0.1, -0.05) is 20.8 Å². The lowest BCUT2D eigenvalue weighted by atomic mass is 10.2. The van der Waals surface area contributed by atoms with Crippen molar-refractivity contribution in [3.05, 3.63) is 15.6 Å². The first-order valence-electron chi connectivity index (χ1n) is 6.52. The number of hydrogen-bond donors (Lipinski definition) is 1. The van der Waals surface area contributed by atoms with Gasteiger partial charge in [-0.2, -0.15) is 0 Å². The summed E-state index contributed by atoms with van der Waals surface area (Å²) in [7, 11) is 0. The molecule has 4 nitrogen and oxygen atoms in total. The van der Waals surface area contributed by atoms with Crippen LogP contribution in [0.1, 0.15) is 36.3 Å². The van der Waals surface area contributed by atoms with Gasteiger partial charge in [0.15, 0.2) is 0 Å². The van der Waals surface area contributed by atoms with E-state index in [0.29, 0.717) is 0 Å². The third-order valence-corrected chi connectivity index (χ3v) is 4.16. The Labute approximate surface area is 113 Å². The highest BCUT2D eigenvalue weighted by atomic mass is 32.1. The number of carboxylic acids is 1. The molecule has 0 fully saturated rings. The fourth-order valence-electron chi connectivity index (χ4n) is 1.89. The van der Waals surface area contributed by atoms with Crippen molar-refractivity contribution >= 4 is 17.3 Å². The molecule has 18 heavy (non-hydrogen) atoms. The van der Waals surface area contributed by atoms with E-state index in [1.54, 1.807) is 11.3 Å². The molecule has 0 aromatic carbocycles. The van der Waals surface area contributed by atoms with E-state index >= 15 is 0 Å². The number of carboxylic acid groups (broad SMARTS) is 1. The SMILES string of the molecule is CCc1nc(CCN(CC)CC)sc1CC(=O)O. The molecule has 1 aromatic heterocycles. The lowest BCUT2D eigenvalue weighted by molar-refractivity contribution is -0.136. The molecule has 0 unspecified atom stereocenters. The average Bonchev–Trinajstić information content (AvgIpc) is 2.72. The molecule has 0 aliphatic carbocycles. The van der Waals surface area contributed by atoms with Crippen LogP contribution in [0.3, 0.4) is 0 Å². The van der Waals surface area contributed by atoms with Crippen LogP contribution in [0.15, 0.2) is 0 Å². The number of aromatic nitrogens is 1. The van der Waals surface area contributed by atoms with Crippen LogP contribution in [0, 0.1) is 0 Å². The molecule has 0 aliphatic rings. The second-order valence-electron chi connectivity index (χ2n) is 4.18. The fraction of sp³-hybridized carbons (Fsp3) is 0.692. The van der Waals surface area contributed by atoms with Gasteiger partial charge in [0.25, 0.3) is 0 Å². The lowest BCUT2D eigenvalue weighted by Gasteiger charge is -2.16. The summed E-state index contributed by atoms with van der Waals surface area (Å²) in [4.78, 5) is 18.6. The molecular formula is C13H22N2O2S. The third kappa shape index (κ3) is 4.38. The van der Waals surface area contributed by atoms with Crippen LogP contribution in [0.2, 0.25) is 0 Å². The van der Waals surface area contributed by atoms with Gasteiger partial charge in [-0.25, -0.2) is 4.98 Å². The number of aryl methyl sites for hydroxylation is 1. The summed E-state index contributed by atoms with van der Waals surface area (Å²) in [6.07, 6.45) is 1.83. The van der Waals surface area contributed by atoms with Crippen LogP contribution < -0.4 is 0 Å². The van der Waals surface area contributed by atoms with E-state index in [1.807, 2.05) is 6.92 Å². The molecule has 1 rings (SSSR count). The van der Waals surface area contributed by atoms with Crippen molar-refractivity contribution in [2.24, 2.45) is 0 Å². The van der Waals surface area contributed by atoms with E-state index in [1.165, 1.54) is 0 Å². The zero-order valence-electron chi connectivity index (χ0n) is 11.4. The molecule has 0 saturated heterocycles. The maximum absolute atomic E-state index is 10.8. The van der Waals surface area contributed by atoms with Crippen LogP contribution in [0.5, 0.6) is 0 Å². The molecule has 0 atom stereocenters. The van der Waals surface area contributed by atoms with Crippen molar-refractivity contribution in [3.8, 4) is 0 Å². The fourth-order valence-corrected chi connectivity index (χ4v) is 3.03. The van der Waals surface area contributed by atoms with E-state index in [2.05, 4.69) is 23.7 Å². The number of carbonyl (C=O) groups is 1. The minimum atomic E-state index is -0.774. The van der Waals surface area contributed by atoms with Crippen molar-refractivity contribution < 1.29 is 9.90 Å². The molecule has 0 bridgehead atoms. The highest BCUT2D eigenvalue weighted by molar-refractivity contribution is 7.11. The molecular weight excluding hydrogens is 248 g/mol. The molecule has 0 saturated carbocycles. The van der Waals surface area contributed by atoms with Gasteiger partial charge < -0.3 is 10.0 Å². The van der Waals surface area contributed by atoms with E-state index in [0.717, 1.165) is 48.1 Å². The number of hydrogen-bond acceptors (Lipinski definition) is 4. The van der Waals surface area contributed by atoms with Crippen LogP contribution in [-0.2, 0) is 24.1 Å². The molecule has 0 amide bonds. The van der Waals surface area contributed by atoms with Crippen LogP contribution in [0.25, 0.3) is 0 Å². The topological polar surface area (TPSA) is 53.4 Å². The Hall–Kier alpha value is -0.940. The van der Waals surface area contributed by atoms with E-state index in [-0.39, 0.29) is 6.42 Å². The first kappa shape index (κ1) is 15.1. The maximum atomic E-state index is 10.8. The summed E-state index contributed by atoms with van der Waals surface area (Å²) in [5.74, 6) is -0.774. The van der Waals surface area contributed by atoms with E-state index in [4.69, 9.17) is 5.11 Å². The zero-order chi connectivity index (χ0) is 13.5. The highest BCUT2D eigenvalue weighted by Gasteiger charge is 2.13. The molecule has 102 valence electrons. The average molecular weight is 270 g/mol. The van der Waals surface area contributed by atoms with Crippen LogP contribution in [0.4, 0.5) is 0 Å². The minimum absolute atomic E-state index is 0.103. The summed E-state index contributed by atoms with van der Waals surface area (Å²) in [5, 5.41) is 9.93. The lowest BCUT2D eigenvalue weighted by Crippen LogP contribution is -2.25. The number of aliphatic carboxylic acids is 1. The van der Waals surface area contributed by atoms with E-state index in [9.17, 15) is 4.79 Å². The minimum Gasteiger partial charge on any atom is -0.481 e. The molecule has 0 aliphatic heterocycles. The van der Waals surface area contributed by atoms with Gasteiger partial charge >= 0.3 is 5.97 Å². The van der Waals surface area contributed by atoms with Crippen molar-refractivity contribution in [1.82, 2.24) is 9.88 Å². The third-order valence-electron chi connectivity index (χ3n) is 3.01. The van der Waals surface area contributed by atoms with Crippen LogP contribution >= 0.6 is 11.3 Å². The summed E-state index contributed by atoms with van der Waals surface area (Å²) in [6, 6.07) is 0. The molecule has 5 heteroatoms. The smallest absolute Gasteiger partial charge is 0.308 e. The Balaban J connectivity index is 2.66. The van der Waals surface area contributed by atoms with Crippen molar-refractivity contribution in [2.45, 2.75) is 40.0 Å². The van der Waals surface area contributed by atoms with Crippen molar-refractivity contribution in [1.29, 1.82) is 0 Å². The second-order valence-corrected chi connectivity index (χ2v) is 5.35. The molecule has 1 N–H and O–H groups in total. The van der Waals surface area contributed by atoms with Gasteiger partial charge in [0, 0.05) is 17.8 Å². The van der Waals surface area contributed by atoms with Gasteiger partial charge in [-0.3, -0.25) is 4.79 Å². The molecule has 1 heterocycles. The Kier molecular flexibility index (Phi) is 6.29. The summed E-state index contributed by atoms with van der Waals surface area (Å²) in [6.45, 7) is 9.41. The number of likely N-dealkylation sites (N-methyl/N-ethyl adjacent to an activating group) is 1. The Morgan fingerprint density at radius 1 is 1.33 bits per heavy atom. The summed E-state index contributed by atoms with van der Waals surface area (Å²) >= 11 is 1.56. The van der Waals surface area contributed by atoms with Crippen molar-refractivity contribution in [3.63, 3.8) is 0 Å². The molecule has 1 aromatic rings. The Bertz CT molecular complexity index is 386. The Morgan fingerprint density at radius 3 is 2.50 bits per heavy atom. The van der Waals surface area contributed by atoms with Crippen molar-refractivity contribution in [2.75, 3.05) is 19.6 Å². The summed E-state index contributed by atoms with van der Waals surface area (Å²) < 4.78 is 0. The quantitative estimate of drug-likeness (QED) is 0.787. The zero-order valence-corrected chi connectivity index (χ0v) is 12.2. The number of rotatable bonds is 8. The predicted molar refractivity (Wildman–Crippen MR) is 74.3 cm³/mol. The number of thiazole rings is 1. The van der Waals surface area contributed by atoms with Gasteiger partial charge in [-0.15, -0.1) is 11.3 Å². The number of nitrogens with zero attached hydrogens (tertiary/aromatic N) is 2. The van der Waals surface area contributed by atoms with Crippen LogP contribution in [-0.4, -0.2) is 40.6 Å². The monoisotopic (exact) mass is 270 g/mol. The van der Waals surface area contributed by atoms with Gasteiger partial charge in [0.05, 0.1) is 17.1 Å².